The molecule has 2 rings (SSSR count). The highest BCUT2D eigenvalue weighted by atomic mass is 16.5. The van der Waals surface area contributed by atoms with Crippen molar-refractivity contribution in [1.29, 1.82) is 0 Å². The first kappa shape index (κ1) is 25.2. The van der Waals surface area contributed by atoms with E-state index in [1.54, 1.807) is 31.1 Å². The average molecular weight is 445 g/mol. The molecular weight excluding hydrogens is 412 g/mol. The Kier molecular flexibility index (Phi) is 9.50. The summed E-state index contributed by atoms with van der Waals surface area (Å²) in [5.74, 6) is 4.28. The first-order valence-electron chi connectivity index (χ1n) is 10.6. The molecule has 174 valence electrons. The van der Waals surface area contributed by atoms with Crippen LogP contribution in [0.15, 0.2) is 18.2 Å². The highest BCUT2D eigenvalue weighted by molar-refractivity contribution is 5.94. The molecule has 1 aliphatic rings. The second-order valence-electron chi connectivity index (χ2n) is 8.05. The molecule has 3 N–H and O–H groups in total. The monoisotopic (exact) mass is 444 g/mol. The molecule has 1 aliphatic heterocycles. The fourth-order valence-corrected chi connectivity index (χ4v) is 3.71. The third-order valence-corrected chi connectivity index (χ3v) is 5.42. The molecule has 2 amide bonds. The van der Waals surface area contributed by atoms with E-state index in [2.05, 4.69) is 23.8 Å². The molecule has 1 atom stereocenters. The number of primary amides is 1. The third-order valence-electron chi connectivity index (χ3n) is 5.42. The van der Waals surface area contributed by atoms with E-state index in [-0.39, 0.29) is 18.9 Å². The Morgan fingerprint density at radius 2 is 2.03 bits per heavy atom. The van der Waals surface area contributed by atoms with Crippen molar-refractivity contribution < 1.29 is 24.2 Å². The number of hydrogen-bond donors (Lipinski definition) is 2. The molecule has 0 radical (unpaired) electrons. The van der Waals surface area contributed by atoms with Crippen molar-refractivity contribution in [2.75, 3.05) is 50.6 Å². The summed E-state index contributed by atoms with van der Waals surface area (Å²) >= 11 is 0. The minimum absolute atomic E-state index is 0.0867. The summed E-state index contributed by atoms with van der Waals surface area (Å²) in [6.07, 6.45) is 2.39. The number of carbonyl (C=O) groups is 3. The van der Waals surface area contributed by atoms with Crippen LogP contribution in [0, 0.1) is 11.8 Å². The molecule has 32 heavy (non-hydrogen) atoms. The van der Waals surface area contributed by atoms with Crippen molar-refractivity contribution in [3.8, 4) is 11.8 Å². The number of likely N-dealkylation sites (tertiary alicyclic amines) is 1. The molecule has 0 spiro atoms. The highest BCUT2D eigenvalue weighted by Crippen LogP contribution is 2.33. The van der Waals surface area contributed by atoms with Gasteiger partial charge in [0.2, 0.25) is 12.3 Å². The molecule has 1 saturated heterocycles. The average Bonchev–Trinajstić information content (AvgIpc) is 2.74. The fourth-order valence-electron chi connectivity index (χ4n) is 3.71. The van der Waals surface area contributed by atoms with Gasteiger partial charge in [0.25, 0.3) is 0 Å². The summed E-state index contributed by atoms with van der Waals surface area (Å²) in [6, 6.07) is 3.95. The molecular formula is C23H32N4O5. The molecule has 1 aromatic carbocycles. The van der Waals surface area contributed by atoms with Gasteiger partial charge in [-0.3, -0.25) is 14.5 Å². The number of rotatable bonds is 10. The van der Waals surface area contributed by atoms with Crippen molar-refractivity contribution in [3.63, 3.8) is 0 Å². The van der Waals surface area contributed by atoms with E-state index < -0.39 is 17.9 Å². The fraction of sp³-hybridized carbons (Fsp3) is 0.522. The lowest BCUT2D eigenvalue weighted by Gasteiger charge is -2.29. The van der Waals surface area contributed by atoms with Gasteiger partial charge in [-0.05, 0) is 38.4 Å². The zero-order valence-corrected chi connectivity index (χ0v) is 18.9. The standard InChI is InChI=1S/C23H32N4O5/c1-25(2)22-17(7-5-15-32-18-11-13-26(3)14-12-18)6-4-8-19(22)27(16-28)20(23(30)31)9-10-21(24)29/h4,6,8,16,18,20H,9-15H2,1-3H3,(H2,24,29)(H,30,31). The van der Waals surface area contributed by atoms with Crippen molar-refractivity contribution in [3.05, 3.63) is 23.8 Å². The van der Waals surface area contributed by atoms with Crippen molar-refractivity contribution in [1.82, 2.24) is 4.90 Å². The molecule has 0 aromatic heterocycles. The minimum Gasteiger partial charge on any atom is -0.480 e. The number of aliphatic carboxylic acids is 1. The van der Waals surface area contributed by atoms with Gasteiger partial charge in [-0.1, -0.05) is 17.9 Å². The van der Waals surface area contributed by atoms with Gasteiger partial charge >= 0.3 is 5.97 Å². The number of hydrogen-bond acceptors (Lipinski definition) is 6. The number of carboxylic acids is 1. The van der Waals surface area contributed by atoms with Crippen LogP contribution in [0.3, 0.4) is 0 Å². The van der Waals surface area contributed by atoms with E-state index in [1.165, 1.54) is 0 Å². The lowest BCUT2D eigenvalue weighted by atomic mass is 10.1. The summed E-state index contributed by atoms with van der Waals surface area (Å²) in [4.78, 5) is 40.1. The number of carbonyl (C=O) groups excluding carboxylic acids is 2. The normalized spacial score (nSPS) is 15.3. The van der Waals surface area contributed by atoms with Gasteiger partial charge in [0.15, 0.2) is 0 Å². The van der Waals surface area contributed by atoms with E-state index in [0.717, 1.165) is 30.8 Å². The molecule has 1 heterocycles. The molecule has 0 aliphatic carbocycles. The van der Waals surface area contributed by atoms with Gasteiger partial charge in [0.05, 0.1) is 23.0 Å². The van der Waals surface area contributed by atoms with Crippen LogP contribution in [0.5, 0.6) is 0 Å². The number of amides is 2. The summed E-state index contributed by atoms with van der Waals surface area (Å²) < 4.78 is 5.87. The predicted octanol–water partition coefficient (Wildman–Crippen LogP) is 0.896. The lowest BCUT2D eigenvalue weighted by molar-refractivity contribution is -0.139. The number of nitrogens with two attached hydrogens (primary N) is 1. The Hall–Kier alpha value is -3.09. The minimum atomic E-state index is -1.23. The van der Waals surface area contributed by atoms with E-state index in [1.807, 2.05) is 6.07 Å². The van der Waals surface area contributed by atoms with Crippen LogP contribution in [0.25, 0.3) is 0 Å². The number of anilines is 2. The van der Waals surface area contributed by atoms with Crippen molar-refractivity contribution in [2.24, 2.45) is 5.73 Å². The van der Waals surface area contributed by atoms with E-state index >= 15 is 0 Å². The number of carboxylic acid groups (broad SMARTS) is 1. The van der Waals surface area contributed by atoms with Gasteiger partial charge in [0, 0.05) is 33.6 Å². The highest BCUT2D eigenvalue weighted by Gasteiger charge is 2.29. The zero-order chi connectivity index (χ0) is 23.7. The molecule has 1 aromatic rings. The number of piperidine rings is 1. The predicted molar refractivity (Wildman–Crippen MR) is 123 cm³/mol. The maximum atomic E-state index is 11.9. The quantitative estimate of drug-likeness (QED) is 0.407. The topological polar surface area (TPSA) is 116 Å². The van der Waals surface area contributed by atoms with Crippen LogP contribution in [0.2, 0.25) is 0 Å². The summed E-state index contributed by atoms with van der Waals surface area (Å²) in [5.41, 5.74) is 6.82. The Morgan fingerprint density at radius 1 is 1.34 bits per heavy atom. The second kappa shape index (κ2) is 12.1. The molecule has 0 bridgehead atoms. The maximum absolute atomic E-state index is 11.9. The van der Waals surface area contributed by atoms with Crippen LogP contribution in [-0.4, -0.2) is 81.3 Å². The van der Waals surface area contributed by atoms with Crippen LogP contribution in [0.4, 0.5) is 11.4 Å². The smallest absolute Gasteiger partial charge is 0.326 e. The maximum Gasteiger partial charge on any atom is 0.326 e. The molecule has 9 heteroatoms. The Morgan fingerprint density at radius 3 is 2.59 bits per heavy atom. The Balaban J connectivity index is 2.25. The van der Waals surface area contributed by atoms with Crippen LogP contribution in [-0.2, 0) is 19.1 Å². The molecule has 0 saturated carbocycles. The van der Waals surface area contributed by atoms with Crippen molar-refractivity contribution in [2.45, 2.75) is 37.8 Å². The van der Waals surface area contributed by atoms with Gasteiger partial charge < -0.3 is 25.4 Å². The number of nitrogens with zero attached hydrogens (tertiary/aromatic N) is 3. The van der Waals surface area contributed by atoms with E-state index in [4.69, 9.17) is 10.5 Å². The lowest BCUT2D eigenvalue weighted by Crippen LogP contribution is -2.42. The molecule has 9 nitrogen and oxygen atoms in total. The van der Waals surface area contributed by atoms with Crippen LogP contribution >= 0.6 is 0 Å². The molecule has 1 unspecified atom stereocenters. The SMILES string of the molecule is CN1CCC(OCC#Cc2cccc(N(C=O)C(CCC(N)=O)C(=O)O)c2N(C)C)CC1. The first-order valence-corrected chi connectivity index (χ1v) is 10.6. The summed E-state index contributed by atoms with van der Waals surface area (Å²) in [6.45, 7) is 2.30. The van der Waals surface area contributed by atoms with Crippen LogP contribution in [0.1, 0.15) is 31.2 Å². The van der Waals surface area contributed by atoms with Crippen molar-refractivity contribution >= 4 is 29.7 Å². The van der Waals surface area contributed by atoms with Crippen LogP contribution < -0.4 is 15.5 Å². The number of benzene rings is 1. The van der Waals surface area contributed by atoms with E-state index in [9.17, 15) is 19.5 Å². The summed E-state index contributed by atoms with van der Waals surface area (Å²) in [5, 5.41) is 9.65. The number of ether oxygens (including phenoxy) is 1. The van der Waals surface area contributed by atoms with E-state index in [0.29, 0.717) is 30.0 Å². The number of para-hydroxylation sites is 1. The van der Waals surface area contributed by atoms with Gasteiger partial charge in [-0.2, -0.15) is 0 Å². The first-order chi connectivity index (χ1) is 15.2. The largest absolute Gasteiger partial charge is 0.480 e. The van der Waals surface area contributed by atoms with Gasteiger partial charge in [-0.25, -0.2) is 4.79 Å². The zero-order valence-electron chi connectivity index (χ0n) is 18.9. The van der Waals surface area contributed by atoms with Gasteiger partial charge in [-0.15, -0.1) is 0 Å². The Bertz CT molecular complexity index is 869. The van der Waals surface area contributed by atoms with Gasteiger partial charge in [0.1, 0.15) is 12.6 Å². The summed E-state index contributed by atoms with van der Waals surface area (Å²) in [7, 11) is 5.68. The second-order valence-corrected chi connectivity index (χ2v) is 8.05. The third kappa shape index (κ3) is 6.97. The Labute approximate surface area is 189 Å². The molecule has 1 fully saturated rings.